The molecule has 0 bridgehead atoms. The first-order chi connectivity index (χ1) is 9.55. The van der Waals surface area contributed by atoms with Crippen molar-refractivity contribution in [1.82, 2.24) is 14.5 Å². The van der Waals surface area contributed by atoms with Gasteiger partial charge < -0.3 is 9.36 Å². The molecule has 1 atom stereocenters. The maximum Gasteiger partial charge on any atom is 0.131 e. The van der Waals surface area contributed by atoms with E-state index in [4.69, 9.17) is 0 Å². The molecule has 0 aliphatic heterocycles. The van der Waals surface area contributed by atoms with Crippen molar-refractivity contribution in [1.29, 1.82) is 0 Å². The quantitative estimate of drug-likeness (QED) is 0.754. The molecule has 20 heavy (non-hydrogen) atoms. The first kappa shape index (κ1) is 14.5. The molecule has 4 heteroatoms. The first-order valence-corrected chi connectivity index (χ1v) is 6.72. The van der Waals surface area contributed by atoms with Crippen molar-refractivity contribution >= 4 is 6.29 Å². The molecule has 0 fully saturated rings. The molecule has 1 heterocycles. The molecule has 0 saturated heterocycles. The van der Waals surface area contributed by atoms with Crippen LogP contribution in [0.25, 0.3) is 0 Å². The van der Waals surface area contributed by atoms with Gasteiger partial charge in [-0.2, -0.15) is 0 Å². The van der Waals surface area contributed by atoms with Gasteiger partial charge in [0.1, 0.15) is 12.1 Å². The van der Waals surface area contributed by atoms with Crippen molar-refractivity contribution in [3.05, 3.63) is 54.1 Å². The summed E-state index contributed by atoms with van der Waals surface area (Å²) >= 11 is 0. The zero-order valence-electron chi connectivity index (χ0n) is 12.3. The Morgan fingerprint density at radius 2 is 2.05 bits per heavy atom. The van der Waals surface area contributed by atoms with Crippen LogP contribution in [0.5, 0.6) is 0 Å². The second kappa shape index (κ2) is 6.01. The van der Waals surface area contributed by atoms with Gasteiger partial charge in [0.2, 0.25) is 0 Å². The number of hydrogen-bond acceptors (Lipinski definition) is 3. The number of hydrogen-bond donors (Lipinski definition) is 0. The van der Waals surface area contributed by atoms with Gasteiger partial charge in [0.05, 0.1) is 12.0 Å². The Balaban J connectivity index is 2.10. The minimum absolute atomic E-state index is 0.499. The van der Waals surface area contributed by atoms with Crippen molar-refractivity contribution in [3.63, 3.8) is 0 Å². The maximum atomic E-state index is 11.6. The fourth-order valence-electron chi connectivity index (χ4n) is 2.42. The van der Waals surface area contributed by atoms with Crippen LogP contribution < -0.4 is 0 Å². The molecule has 1 aromatic heterocycles. The summed E-state index contributed by atoms with van der Waals surface area (Å²) in [7, 11) is 3.99. The van der Waals surface area contributed by atoms with Crippen LogP contribution in [0.2, 0.25) is 0 Å². The predicted octanol–water partition coefficient (Wildman–Crippen LogP) is 2.01. The zero-order valence-corrected chi connectivity index (χ0v) is 12.3. The lowest BCUT2D eigenvalue weighted by molar-refractivity contribution is -0.112. The van der Waals surface area contributed by atoms with E-state index >= 15 is 0 Å². The zero-order chi connectivity index (χ0) is 14.6. The minimum Gasteiger partial charge on any atom is -0.337 e. The van der Waals surface area contributed by atoms with Crippen LogP contribution in [0.1, 0.15) is 18.3 Å². The molecule has 0 aliphatic rings. The monoisotopic (exact) mass is 271 g/mol. The van der Waals surface area contributed by atoms with Crippen molar-refractivity contribution < 1.29 is 4.79 Å². The van der Waals surface area contributed by atoms with Gasteiger partial charge >= 0.3 is 0 Å². The van der Waals surface area contributed by atoms with Gasteiger partial charge in [-0.3, -0.25) is 4.90 Å². The first-order valence-electron chi connectivity index (χ1n) is 6.72. The smallest absolute Gasteiger partial charge is 0.131 e. The van der Waals surface area contributed by atoms with Crippen LogP contribution in [0, 0.1) is 0 Å². The van der Waals surface area contributed by atoms with E-state index in [0.29, 0.717) is 6.54 Å². The Morgan fingerprint density at radius 1 is 1.35 bits per heavy atom. The predicted molar refractivity (Wildman–Crippen MR) is 79.4 cm³/mol. The molecule has 2 rings (SSSR count). The highest BCUT2D eigenvalue weighted by Crippen LogP contribution is 2.22. The normalized spacial score (nSPS) is 14.2. The average Bonchev–Trinajstić information content (AvgIpc) is 2.85. The number of aldehydes is 1. The van der Waals surface area contributed by atoms with E-state index in [1.165, 1.54) is 0 Å². The summed E-state index contributed by atoms with van der Waals surface area (Å²) in [4.78, 5) is 18.0. The number of imidazole rings is 1. The van der Waals surface area contributed by atoms with Gasteiger partial charge in [0, 0.05) is 26.0 Å². The van der Waals surface area contributed by atoms with Gasteiger partial charge in [0.15, 0.2) is 0 Å². The molecule has 4 nitrogen and oxygen atoms in total. The second-order valence-corrected chi connectivity index (χ2v) is 5.53. The average molecular weight is 271 g/mol. The molecule has 1 aromatic carbocycles. The second-order valence-electron chi connectivity index (χ2n) is 5.53. The highest BCUT2D eigenvalue weighted by Gasteiger charge is 2.27. The molecular weight excluding hydrogens is 250 g/mol. The third-order valence-electron chi connectivity index (χ3n) is 3.62. The Hall–Kier alpha value is -1.94. The van der Waals surface area contributed by atoms with Crippen molar-refractivity contribution in [2.45, 2.75) is 18.9 Å². The number of carbonyl (C=O) groups is 1. The molecule has 0 spiro atoms. The van der Waals surface area contributed by atoms with Crippen molar-refractivity contribution in [2.24, 2.45) is 7.05 Å². The Labute approximate surface area is 120 Å². The molecule has 0 amide bonds. The summed E-state index contributed by atoms with van der Waals surface area (Å²) in [6.45, 7) is 3.36. The van der Waals surface area contributed by atoms with E-state index in [1.807, 2.05) is 62.1 Å². The van der Waals surface area contributed by atoms with Crippen LogP contribution in [0.4, 0.5) is 0 Å². The third kappa shape index (κ3) is 3.14. The highest BCUT2D eigenvalue weighted by atomic mass is 16.1. The summed E-state index contributed by atoms with van der Waals surface area (Å²) in [5.41, 5.74) is 0.544. The Morgan fingerprint density at radius 3 is 2.60 bits per heavy atom. The molecule has 2 aromatic rings. The molecule has 1 unspecified atom stereocenters. The number of nitrogens with zero attached hydrogens (tertiary/aromatic N) is 3. The van der Waals surface area contributed by atoms with Gasteiger partial charge in [-0.15, -0.1) is 0 Å². The standard InChI is InChI=1S/C16H21N3O/c1-16(13-20,14-7-5-4-6-8-14)12-18(2)11-15-17-9-10-19(15)3/h4-10,13H,11-12H2,1-3H3. The number of aryl methyl sites for hydroxylation is 1. The largest absolute Gasteiger partial charge is 0.337 e. The van der Waals surface area contributed by atoms with Crippen LogP contribution in [-0.4, -0.2) is 34.3 Å². The number of aromatic nitrogens is 2. The highest BCUT2D eigenvalue weighted by molar-refractivity contribution is 5.68. The summed E-state index contributed by atoms with van der Waals surface area (Å²) in [6, 6.07) is 9.91. The van der Waals surface area contributed by atoms with E-state index in [2.05, 4.69) is 9.88 Å². The van der Waals surface area contributed by atoms with E-state index in [1.54, 1.807) is 6.20 Å². The molecular formula is C16H21N3O. The van der Waals surface area contributed by atoms with Gasteiger partial charge in [-0.25, -0.2) is 4.98 Å². The summed E-state index contributed by atoms with van der Waals surface area (Å²) in [5.74, 6) is 0.994. The molecule has 106 valence electrons. The van der Waals surface area contributed by atoms with Crippen molar-refractivity contribution in [2.75, 3.05) is 13.6 Å². The number of benzene rings is 1. The Bertz CT molecular complexity index is 564. The fourth-order valence-corrected chi connectivity index (χ4v) is 2.42. The van der Waals surface area contributed by atoms with Crippen molar-refractivity contribution in [3.8, 4) is 0 Å². The molecule has 0 saturated carbocycles. The number of rotatable bonds is 6. The summed E-state index contributed by atoms with van der Waals surface area (Å²) in [6.07, 6.45) is 4.76. The van der Waals surface area contributed by atoms with Gasteiger partial charge in [0.25, 0.3) is 0 Å². The van der Waals surface area contributed by atoms with Gasteiger partial charge in [-0.05, 0) is 19.5 Å². The molecule has 0 radical (unpaired) electrons. The molecule has 0 N–H and O–H groups in total. The summed E-state index contributed by atoms with van der Waals surface area (Å²) in [5, 5.41) is 0. The Kier molecular flexibility index (Phi) is 4.35. The van der Waals surface area contributed by atoms with Crippen LogP contribution in [0.15, 0.2) is 42.7 Å². The topological polar surface area (TPSA) is 38.1 Å². The van der Waals surface area contributed by atoms with E-state index < -0.39 is 5.41 Å². The van der Waals surface area contributed by atoms with Crippen LogP contribution in [0.3, 0.4) is 0 Å². The van der Waals surface area contributed by atoms with Crippen LogP contribution >= 0.6 is 0 Å². The van der Waals surface area contributed by atoms with E-state index in [0.717, 1.165) is 24.2 Å². The summed E-state index contributed by atoms with van der Waals surface area (Å²) < 4.78 is 2.00. The lowest BCUT2D eigenvalue weighted by Crippen LogP contribution is -2.38. The molecule has 0 aliphatic carbocycles. The maximum absolute atomic E-state index is 11.6. The van der Waals surface area contributed by atoms with Gasteiger partial charge in [-0.1, -0.05) is 30.3 Å². The lowest BCUT2D eigenvalue weighted by atomic mass is 9.83. The van der Waals surface area contributed by atoms with E-state index in [-0.39, 0.29) is 0 Å². The van der Waals surface area contributed by atoms with Crippen LogP contribution in [-0.2, 0) is 23.8 Å². The number of carbonyl (C=O) groups excluding carboxylic acids is 1. The SMILES string of the molecule is CN(Cc1nccn1C)CC(C)(C=O)c1ccccc1. The lowest BCUT2D eigenvalue weighted by Gasteiger charge is -2.29. The third-order valence-corrected chi connectivity index (χ3v) is 3.62. The fraction of sp³-hybridized carbons (Fsp3) is 0.375. The minimum atomic E-state index is -0.499. The number of likely N-dealkylation sites (N-methyl/N-ethyl adjacent to an activating group) is 1. The van der Waals surface area contributed by atoms with E-state index in [9.17, 15) is 4.79 Å².